The van der Waals surface area contributed by atoms with Crippen LogP contribution in [-0.4, -0.2) is 11.0 Å². The second-order valence-corrected chi connectivity index (χ2v) is 6.60. The fraction of sp³-hybridized carbons (Fsp3) is 0.650. The molecule has 0 amide bonds. The lowest BCUT2D eigenvalue weighted by Gasteiger charge is -2.09. The monoisotopic (exact) mass is 303 g/mol. The summed E-state index contributed by atoms with van der Waals surface area (Å²) in [6.07, 6.45) is 12.3. The summed E-state index contributed by atoms with van der Waals surface area (Å²) in [5.74, 6) is 0.374. The predicted octanol–water partition coefficient (Wildman–Crippen LogP) is 5.85. The van der Waals surface area contributed by atoms with Gasteiger partial charge in [-0.3, -0.25) is 0 Å². The molecule has 0 fully saturated rings. The Kier molecular flexibility index (Phi) is 9.61. The van der Waals surface area contributed by atoms with Crippen molar-refractivity contribution in [3.63, 3.8) is 0 Å². The number of nitrogens with zero attached hydrogens (tertiary/aromatic N) is 1. The van der Waals surface area contributed by atoms with Gasteiger partial charge in [-0.25, -0.2) is 4.74 Å². The van der Waals surface area contributed by atoms with Crippen LogP contribution in [0, 0.1) is 18.0 Å². The van der Waals surface area contributed by atoms with Gasteiger partial charge < -0.3 is 5.21 Å². The minimum absolute atomic E-state index is 0.374. The Morgan fingerprint density at radius 2 is 1.59 bits per heavy atom. The van der Waals surface area contributed by atoms with Gasteiger partial charge in [0.2, 0.25) is 0 Å². The average Bonchev–Trinajstić information content (AvgIpc) is 2.48. The van der Waals surface area contributed by atoms with Gasteiger partial charge in [0.25, 0.3) is 0 Å². The van der Waals surface area contributed by atoms with Gasteiger partial charge in [-0.2, -0.15) is 0 Å². The molecule has 22 heavy (non-hydrogen) atoms. The lowest BCUT2D eigenvalue weighted by atomic mass is 10.0. The lowest BCUT2D eigenvalue weighted by molar-refractivity contribution is -0.472. The number of hydrogen-bond donors (Lipinski definition) is 0. The third-order valence-corrected chi connectivity index (χ3v) is 4.14. The molecule has 0 aromatic heterocycles. The lowest BCUT2D eigenvalue weighted by Crippen LogP contribution is -2.10. The van der Waals surface area contributed by atoms with Crippen LogP contribution in [0.15, 0.2) is 24.3 Å². The quantitative estimate of drug-likeness (QED) is 0.165. The van der Waals surface area contributed by atoms with E-state index in [-0.39, 0.29) is 0 Å². The SMILES string of the molecule is CCCCCCCCCC(C)C=[N+]([O-])Cc1ccc(C)cc1. The van der Waals surface area contributed by atoms with Crippen LogP contribution in [0.3, 0.4) is 0 Å². The van der Waals surface area contributed by atoms with Crippen molar-refractivity contribution >= 4 is 6.21 Å². The van der Waals surface area contributed by atoms with Gasteiger partial charge in [0.05, 0.1) is 0 Å². The summed E-state index contributed by atoms with van der Waals surface area (Å²) in [4.78, 5) is 0. The molecule has 0 spiro atoms. The van der Waals surface area contributed by atoms with Crippen molar-refractivity contribution in [3.05, 3.63) is 40.6 Å². The first-order valence-corrected chi connectivity index (χ1v) is 8.96. The molecule has 0 saturated heterocycles. The van der Waals surface area contributed by atoms with Crippen LogP contribution in [0.25, 0.3) is 0 Å². The van der Waals surface area contributed by atoms with Gasteiger partial charge in [-0.05, 0) is 13.3 Å². The molecule has 0 heterocycles. The van der Waals surface area contributed by atoms with Crippen LogP contribution in [0.2, 0.25) is 0 Å². The van der Waals surface area contributed by atoms with E-state index in [0.717, 1.165) is 16.7 Å². The Morgan fingerprint density at radius 3 is 2.23 bits per heavy atom. The molecule has 124 valence electrons. The molecular formula is C20H33NO. The summed E-state index contributed by atoms with van der Waals surface area (Å²) < 4.78 is 1.09. The van der Waals surface area contributed by atoms with E-state index in [9.17, 15) is 5.21 Å². The van der Waals surface area contributed by atoms with Gasteiger partial charge in [0, 0.05) is 11.5 Å². The molecule has 1 aromatic carbocycles. The van der Waals surface area contributed by atoms with E-state index >= 15 is 0 Å². The molecule has 0 aliphatic heterocycles. The van der Waals surface area contributed by atoms with Crippen LogP contribution in [0.1, 0.15) is 76.3 Å². The second-order valence-electron chi connectivity index (χ2n) is 6.60. The Balaban J connectivity index is 2.19. The second kappa shape index (κ2) is 11.3. The first-order chi connectivity index (χ1) is 10.6. The van der Waals surface area contributed by atoms with Crippen LogP contribution in [0.5, 0.6) is 0 Å². The number of hydroxylamine groups is 1. The normalized spacial score (nSPS) is 13.3. The molecular weight excluding hydrogens is 270 g/mol. The number of benzene rings is 1. The minimum Gasteiger partial charge on any atom is -0.624 e. The first kappa shape index (κ1) is 18.7. The van der Waals surface area contributed by atoms with Crippen molar-refractivity contribution in [2.75, 3.05) is 0 Å². The zero-order chi connectivity index (χ0) is 16.2. The van der Waals surface area contributed by atoms with Crippen LogP contribution >= 0.6 is 0 Å². The van der Waals surface area contributed by atoms with Crippen LogP contribution < -0.4 is 0 Å². The van der Waals surface area contributed by atoms with E-state index in [1.54, 1.807) is 0 Å². The zero-order valence-electron chi connectivity index (χ0n) is 14.7. The predicted molar refractivity (Wildman–Crippen MR) is 96.3 cm³/mol. The van der Waals surface area contributed by atoms with Crippen molar-refractivity contribution in [2.24, 2.45) is 5.92 Å². The van der Waals surface area contributed by atoms with Crippen molar-refractivity contribution in [2.45, 2.75) is 78.7 Å². The molecule has 0 saturated carbocycles. The molecule has 0 aliphatic carbocycles. The minimum atomic E-state index is 0.374. The maximum Gasteiger partial charge on any atom is 0.178 e. The van der Waals surface area contributed by atoms with E-state index in [1.807, 2.05) is 18.3 Å². The highest BCUT2D eigenvalue weighted by molar-refractivity contribution is 5.54. The Bertz CT molecular complexity index is 422. The highest BCUT2D eigenvalue weighted by Gasteiger charge is 2.05. The van der Waals surface area contributed by atoms with Gasteiger partial charge in [0.15, 0.2) is 12.8 Å². The largest absolute Gasteiger partial charge is 0.624 e. The van der Waals surface area contributed by atoms with Crippen molar-refractivity contribution in [1.82, 2.24) is 0 Å². The van der Waals surface area contributed by atoms with Gasteiger partial charge in [-0.15, -0.1) is 0 Å². The summed E-state index contributed by atoms with van der Waals surface area (Å²) in [6.45, 7) is 6.93. The highest BCUT2D eigenvalue weighted by Crippen LogP contribution is 2.12. The van der Waals surface area contributed by atoms with E-state index in [0.29, 0.717) is 12.5 Å². The summed E-state index contributed by atoms with van der Waals surface area (Å²) >= 11 is 0. The van der Waals surface area contributed by atoms with Gasteiger partial charge in [-0.1, -0.05) is 88.6 Å². The molecule has 1 unspecified atom stereocenters. The zero-order valence-corrected chi connectivity index (χ0v) is 14.7. The third-order valence-electron chi connectivity index (χ3n) is 4.14. The van der Waals surface area contributed by atoms with Gasteiger partial charge in [0.1, 0.15) is 0 Å². The summed E-state index contributed by atoms with van der Waals surface area (Å²) in [5, 5.41) is 12.0. The topological polar surface area (TPSA) is 26.1 Å². The maximum absolute atomic E-state index is 12.0. The number of unbranched alkanes of at least 4 members (excludes halogenated alkanes) is 6. The van der Waals surface area contributed by atoms with Crippen molar-refractivity contribution in [3.8, 4) is 0 Å². The highest BCUT2D eigenvalue weighted by atomic mass is 16.5. The first-order valence-electron chi connectivity index (χ1n) is 8.96. The number of hydrogen-bond acceptors (Lipinski definition) is 1. The fourth-order valence-corrected chi connectivity index (χ4v) is 2.71. The Hall–Kier alpha value is -1.31. The van der Waals surface area contributed by atoms with E-state index in [2.05, 4.69) is 32.9 Å². The molecule has 1 aromatic rings. The summed E-state index contributed by atoms with van der Waals surface area (Å²) in [5.41, 5.74) is 2.32. The number of aryl methyl sites for hydroxylation is 1. The molecule has 1 atom stereocenters. The molecule has 0 aliphatic rings. The van der Waals surface area contributed by atoms with Crippen LogP contribution in [-0.2, 0) is 6.54 Å². The molecule has 0 radical (unpaired) electrons. The molecule has 1 rings (SSSR count). The van der Waals surface area contributed by atoms with Crippen LogP contribution in [0.4, 0.5) is 0 Å². The standard InChI is InChI=1S/C20H33NO/c1-4-5-6-7-8-9-10-11-19(3)16-21(22)17-20-14-12-18(2)13-15-20/h12-16,19H,4-11,17H2,1-3H3. The Labute approximate surface area is 136 Å². The van der Waals surface area contributed by atoms with Gasteiger partial charge >= 0.3 is 0 Å². The molecule has 0 N–H and O–H groups in total. The smallest absolute Gasteiger partial charge is 0.178 e. The molecule has 2 nitrogen and oxygen atoms in total. The van der Waals surface area contributed by atoms with E-state index < -0.39 is 0 Å². The summed E-state index contributed by atoms with van der Waals surface area (Å²) in [6, 6.07) is 8.19. The number of rotatable bonds is 11. The average molecular weight is 303 g/mol. The Morgan fingerprint density at radius 1 is 1.00 bits per heavy atom. The maximum atomic E-state index is 12.0. The fourth-order valence-electron chi connectivity index (χ4n) is 2.71. The molecule has 0 bridgehead atoms. The van der Waals surface area contributed by atoms with Crippen molar-refractivity contribution in [1.29, 1.82) is 0 Å². The van der Waals surface area contributed by atoms with E-state index in [4.69, 9.17) is 0 Å². The van der Waals surface area contributed by atoms with Crippen molar-refractivity contribution < 1.29 is 4.74 Å². The summed E-state index contributed by atoms with van der Waals surface area (Å²) in [7, 11) is 0. The molecule has 2 heteroatoms. The van der Waals surface area contributed by atoms with E-state index in [1.165, 1.54) is 50.5 Å². The third kappa shape index (κ3) is 8.86.